The normalized spacial score (nSPS) is 12.2. The Morgan fingerprint density at radius 3 is 1.92 bits per heavy atom. The number of alkyl halides is 2. The van der Waals surface area contributed by atoms with E-state index in [0.29, 0.717) is 13.2 Å². The molecule has 0 aliphatic carbocycles. The van der Waals surface area contributed by atoms with Crippen LogP contribution in [0.1, 0.15) is 20.8 Å². The Hall–Kier alpha value is 0.170. The molecule has 3 nitrogen and oxygen atoms in total. The molecule has 0 rings (SSSR count). The number of carbonyl (C=O) groups excluding carboxylic acids is 1. The van der Waals surface area contributed by atoms with Gasteiger partial charge in [0.25, 0.3) is 0 Å². The van der Waals surface area contributed by atoms with Crippen LogP contribution in [0.5, 0.6) is 0 Å². The third-order valence-electron chi connectivity index (χ3n) is 1.40. The third-order valence-corrected chi connectivity index (χ3v) is 2.29. The summed E-state index contributed by atoms with van der Waals surface area (Å²) in [6.07, 6.45) is -0.900. The number of carbonyl (C=O) groups is 1. The van der Waals surface area contributed by atoms with Crippen molar-refractivity contribution >= 4 is 29.0 Å². The monoisotopic (exact) mass is 228 g/mol. The molecule has 78 valence electrons. The summed E-state index contributed by atoms with van der Waals surface area (Å²) in [6.45, 7) is 5.62. The number of hydrogen-bond donors (Lipinski definition) is 0. The van der Waals surface area contributed by atoms with E-state index < -0.39 is 10.6 Å². The quantitative estimate of drug-likeness (QED) is 0.517. The number of ether oxygens (including phenoxy) is 2. The number of ketones is 1. The second-order valence-corrected chi connectivity index (χ2v) is 3.81. The van der Waals surface area contributed by atoms with E-state index in [1.165, 1.54) is 6.92 Å². The van der Waals surface area contributed by atoms with Crippen LogP contribution < -0.4 is 0 Å². The van der Waals surface area contributed by atoms with Crippen molar-refractivity contribution in [2.45, 2.75) is 31.4 Å². The average molecular weight is 229 g/mol. The summed E-state index contributed by atoms with van der Waals surface area (Å²) in [6, 6.07) is 0. The zero-order valence-electron chi connectivity index (χ0n) is 7.97. The van der Waals surface area contributed by atoms with Crippen LogP contribution in [0.25, 0.3) is 0 Å². The molecule has 0 amide bonds. The number of halogens is 2. The molecule has 0 N–H and O–H groups in total. The van der Waals surface area contributed by atoms with E-state index in [-0.39, 0.29) is 5.78 Å². The van der Waals surface area contributed by atoms with Crippen LogP contribution in [-0.4, -0.2) is 29.6 Å². The highest BCUT2D eigenvalue weighted by Gasteiger charge is 2.41. The zero-order chi connectivity index (χ0) is 10.5. The first-order chi connectivity index (χ1) is 5.96. The molecule has 0 radical (unpaired) electrons. The Morgan fingerprint density at radius 1 is 1.31 bits per heavy atom. The van der Waals surface area contributed by atoms with E-state index in [9.17, 15) is 4.79 Å². The molecular formula is C8H14Cl2O3. The maximum atomic E-state index is 11.0. The molecule has 0 bridgehead atoms. The first-order valence-corrected chi connectivity index (χ1v) is 4.84. The van der Waals surface area contributed by atoms with Crippen LogP contribution in [0.4, 0.5) is 0 Å². The Bertz CT molecular complexity index is 165. The van der Waals surface area contributed by atoms with Gasteiger partial charge in [-0.05, 0) is 20.8 Å². The lowest BCUT2D eigenvalue weighted by Crippen LogP contribution is -2.41. The van der Waals surface area contributed by atoms with Crippen LogP contribution in [0.3, 0.4) is 0 Å². The lowest BCUT2D eigenvalue weighted by atomic mass is 10.3. The molecule has 0 aliphatic rings. The zero-order valence-corrected chi connectivity index (χ0v) is 9.48. The van der Waals surface area contributed by atoms with E-state index in [4.69, 9.17) is 32.7 Å². The largest absolute Gasteiger partial charge is 0.349 e. The van der Waals surface area contributed by atoms with Crippen molar-refractivity contribution in [1.82, 2.24) is 0 Å². The maximum Gasteiger partial charge on any atom is 0.225 e. The minimum Gasteiger partial charge on any atom is -0.349 e. The van der Waals surface area contributed by atoms with Gasteiger partial charge in [0.05, 0.1) is 0 Å². The molecule has 0 spiro atoms. The number of rotatable bonds is 6. The molecule has 0 unspecified atom stereocenters. The number of Topliss-reactive ketones (excluding diaryl/α,β-unsaturated/α-hetero) is 1. The van der Waals surface area contributed by atoms with E-state index >= 15 is 0 Å². The van der Waals surface area contributed by atoms with Gasteiger partial charge in [-0.15, -0.1) is 0 Å². The second-order valence-electron chi connectivity index (χ2n) is 2.42. The van der Waals surface area contributed by atoms with Gasteiger partial charge in [0.15, 0.2) is 12.1 Å². The van der Waals surface area contributed by atoms with Crippen molar-refractivity contribution in [1.29, 1.82) is 0 Å². The minimum atomic E-state index is -1.62. The Morgan fingerprint density at radius 2 is 1.69 bits per heavy atom. The Kier molecular flexibility index (Phi) is 5.88. The molecular weight excluding hydrogens is 215 g/mol. The Labute approximate surface area is 88.3 Å². The van der Waals surface area contributed by atoms with Gasteiger partial charge in [-0.1, -0.05) is 23.2 Å². The minimum absolute atomic E-state index is 0.386. The highest BCUT2D eigenvalue weighted by atomic mass is 35.5. The van der Waals surface area contributed by atoms with E-state index in [1.54, 1.807) is 13.8 Å². The molecule has 0 aromatic rings. The standard InChI is InChI=1S/C8H14Cl2O3/c1-4-12-7(13-5-2)8(9,10)6(3)11/h7H,4-5H2,1-3H3. The molecule has 0 atom stereocenters. The second kappa shape index (κ2) is 5.81. The van der Waals surface area contributed by atoms with Gasteiger partial charge < -0.3 is 9.47 Å². The van der Waals surface area contributed by atoms with Crippen LogP contribution in [0.15, 0.2) is 0 Å². The summed E-state index contributed by atoms with van der Waals surface area (Å²) < 4.78 is 8.58. The molecule has 0 aromatic heterocycles. The Balaban J connectivity index is 4.41. The van der Waals surface area contributed by atoms with E-state index in [1.807, 2.05) is 0 Å². The molecule has 0 heterocycles. The molecule has 0 saturated carbocycles. The van der Waals surface area contributed by atoms with Gasteiger partial charge in [0.1, 0.15) is 0 Å². The van der Waals surface area contributed by atoms with Crippen molar-refractivity contribution in [3.63, 3.8) is 0 Å². The van der Waals surface area contributed by atoms with Gasteiger partial charge in [0.2, 0.25) is 4.33 Å². The molecule has 0 fully saturated rings. The fraction of sp³-hybridized carbons (Fsp3) is 0.875. The van der Waals surface area contributed by atoms with Crippen molar-refractivity contribution in [3.8, 4) is 0 Å². The summed E-state index contributed by atoms with van der Waals surface area (Å²) in [5.41, 5.74) is 0. The van der Waals surface area contributed by atoms with E-state index in [0.717, 1.165) is 0 Å². The molecule has 0 aromatic carbocycles. The van der Waals surface area contributed by atoms with E-state index in [2.05, 4.69) is 0 Å². The average Bonchev–Trinajstić information content (AvgIpc) is 2.03. The van der Waals surface area contributed by atoms with Crippen LogP contribution >= 0.6 is 23.2 Å². The highest BCUT2D eigenvalue weighted by molar-refractivity contribution is 6.58. The first-order valence-electron chi connectivity index (χ1n) is 4.08. The van der Waals surface area contributed by atoms with Crippen LogP contribution in [0.2, 0.25) is 0 Å². The van der Waals surface area contributed by atoms with Crippen LogP contribution in [0, 0.1) is 0 Å². The summed E-state index contributed by atoms with van der Waals surface area (Å²) in [4.78, 5) is 11.0. The smallest absolute Gasteiger partial charge is 0.225 e. The van der Waals surface area contributed by atoms with Crippen molar-refractivity contribution in [2.75, 3.05) is 13.2 Å². The lowest BCUT2D eigenvalue weighted by molar-refractivity contribution is -0.154. The fourth-order valence-electron chi connectivity index (χ4n) is 0.726. The van der Waals surface area contributed by atoms with Gasteiger partial charge >= 0.3 is 0 Å². The predicted octanol–water partition coefficient (Wildman–Crippen LogP) is 2.15. The SMILES string of the molecule is CCOC(OCC)C(Cl)(Cl)C(C)=O. The van der Waals surface area contributed by atoms with Gasteiger partial charge in [-0.3, -0.25) is 4.79 Å². The molecule has 0 saturated heterocycles. The first kappa shape index (κ1) is 13.2. The van der Waals surface area contributed by atoms with Gasteiger partial charge in [0, 0.05) is 13.2 Å². The molecule has 0 aliphatic heterocycles. The summed E-state index contributed by atoms with van der Waals surface area (Å²) in [5, 5.41) is 0. The van der Waals surface area contributed by atoms with Gasteiger partial charge in [-0.25, -0.2) is 0 Å². The third kappa shape index (κ3) is 3.81. The predicted molar refractivity (Wildman–Crippen MR) is 52.2 cm³/mol. The highest BCUT2D eigenvalue weighted by Crippen LogP contribution is 2.29. The summed E-state index contributed by atoms with van der Waals surface area (Å²) in [7, 11) is 0. The van der Waals surface area contributed by atoms with Crippen LogP contribution in [-0.2, 0) is 14.3 Å². The molecule has 13 heavy (non-hydrogen) atoms. The number of hydrogen-bond acceptors (Lipinski definition) is 3. The fourth-order valence-corrected chi connectivity index (χ4v) is 0.978. The van der Waals surface area contributed by atoms with Crippen molar-refractivity contribution in [2.24, 2.45) is 0 Å². The summed E-state index contributed by atoms with van der Waals surface area (Å²) in [5.74, 6) is -0.386. The van der Waals surface area contributed by atoms with Gasteiger partial charge in [-0.2, -0.15) is 0 Å². The molecule has 5 heteroatoms. The van der Waals surface area contributed by atoms with Crippen molar-refractivity contribution < 1.29 is 14.3 Å². The summed E-state index contributed by atoms with van der Waals surface area (Å²) >= 11 is 11.5. The van der Waals surface area contributed by atoms with Crippen molar-refractivity contribution in [3.05, 3.63) is 0 Å². The lowest BCUT2D eigenvalue weighted by Gasteiger charge is -2.26. The maximum absolute atomic E-state index is 11.0. The topological polar surface area (TPSA) is 35.5 Å².